The third kappa shape index (κ3) is 6.08. The molecule has 2 aliphatic heterocycles. The van der Waals surface area contributed by atoms with Gasteiger partial charge in [-0.2, -0.15) is 0 Å². The highest BCUT2D eigenvalue weighted by molar-refractivity contribution is 7.19. The summed E-state index contributed by atoms with van der Waals surface area (Å²) in [6, 6.07) is 8.16. The number of anilines is 1. The van der Waals surface area contributed by atoms with Crippen molar-refractivity contribution < 1.29 is 18.7 Å². The number of carbonyl (C=O) groups excluding carboxylic acids is 1. The van der Waals surface area contributed by atoms with Gasteiger partial charge in [0, 0.05) is 67.8 Å². The Morgan fingerprint density at radius 2 is 1.97 bits per heavy atom. The minimum Gasteiger partial charge on any atom is -0.453 e. The molecule has 200 valence electrons. The van der Waals surface area contributed by atoms with Crippen molar-refractivity contribution in [3.8, 4) is 11.5 Å². The van der Waals surface area contributed by atoms with Gasteiger partial charge in [-0.25, -0.2) is 9.18 Å². The van der Waals surface area contributed by atoms with Gasteiger partial charge < -0.3 is 25.4 Å². The SMILES string of the molecule is CC(C)(C)OC(=O)N1CCN(CC2=CNC(c3cc4nccc(Oc5ccc(N)cc5F)c4s3)C=C2)CC1. The van der Waals surface area contributed by atoms with Crippen LogP contribution in [0.2, 0.25) is 0 Å². The van der Waals surface area contributed by atoms with E-state index in [1.165, 1.54) is 17.7 Å². The molecule has 1 fully saturated rings. The van der Waals surface area contributed by atoms with E-state index in [1.54, 1.807) is 34.6 Å². The zero-order chi connectivity index (χ0) is 26.9. The summed E-state index contributed by atoms with van der Waals surface area (Å²) in [4.78, 5) is 22.0. The Balaban J connectivity index is 1.19. The molecule has 0 radical (unpaired) electrons. The third-order valence-corrected chi connectivity index (χ3v) is 7.48. The fraction of sp³-hybridized carbons (Fsp3) is 0.357. The molecule has 3 aromatic rings. The molecule has 4 heterocycles. The van der Waals surface area contributed by atoms with Crippen molar-refractivity contribution in [2.75, 3.05) is 38.5 Å². The number of fused-ring (bicyclic) bond motifs is 1. The maximum Gasteiger partial charge on any atom is 0.410 e. The number of halogens is 1. The van der Waals surface area contributed by atoms with Crippen LogP contribution in [-0.2, 0) is 4.74 Å². The highest BCUT2D eigenvalue weighted by Gasteiger charge is 2.26. The van der Waals surface area contributed by atoms with Crippen LogP contribution in [0.3, 0.4) is 0 Å². The van der Waals surface area contributed by atoms with Gasteiger partial charge in [-0.3, -0.25) is 9.88 Å². The van der Waals surface area contributed by atoms with Crippen LogP contribution in [0, 0.1) is 5.82 Å². The first-order valence-electron chi connectivity index (χ1n) is 12.6. The smallest absolute Gasteiger partial charge is 0.410 e. The minimum absolute atomic E-state index is 0.00285. The summed E-state index contributed by atoms with van der Waals surface area (Å²) in [6.45, 7) is 9.36. The van der Waals surface area contributed by atoms with Crippen LogP contribution in [0.1, 0.15) is 31.7 Å². The largest absolute Gasteiger partial charge is 0.453 e. The summed E-state index contributed by atoms with van der Waals surface area (Å²) in [6.07, 6.45) is 7.73. The first kappa shape index (κ1) is 26.0. The molecule has 1 saturated heterocycles. The van der Waals surface area contributed by atoms with E-state index >= 15 is 0 Å². The van der Waals surface area contributed by atoms with Gasteiger partial charge in [-0.05, 0) is 44.5 Å². The molecule has 1 unspecified atom stereocenters. The van der Waals surface area contributed by atoms with Crippen molar-refractivity contribution in [3.63, 3.8) is 0 Å². The molecular formula is C28H32FN5O3S. The number of pyridine rings is 1. The van der Waals surface area contributed by atoms with E-state index in [9.17, 15) is 9.18 Å². The lowest BCUT2D eigenvalue weighted by Gasteiger charge is -2.36. The fourth-order valence-electron chi connectivity index (χ4n) is 4.35. The van der Waals surface area contributed by atoms with Gasteiger partial charge in [0.1, 0.15) is 11.4 Å². The quantitative estimate of drug-likeness (QED) is 0.418. The maximum atomic E-state index is 14.3. The number of ether oxygens (including phenoxy) is 2. The first-order valence-corrected chi connectivity index (χ1v) is 13.4. The molecular weight excluding hydrogens is 505 g/mol. The van der Waals surface area contributed by atoms with Crippen LogP contribution in [0.15, 0.2) is 60.5 Å². The van der Waals surface area contributed by atoms with Crippen molar-refractivity contribution in [3.05, 3.63) is 71.1 Å². The molecule has 1 atom stereocenters. The maximum absolute atomic E-state index is 14.3. The highest BCUT2D eigenvalue weighted by Crippen LogP contribution is 2.38. The molecule has 2 aromatic heterocycles. The summed E-state index contributed by atoms with van der Waals surface area (Å²) < 4.78 is 26.5. The second-order valence-electron chi connectivity index (χ2n) is 10.4. The molecule has 1 amide bonds. The van der Waals surface area contributed by atoms with E-state index < -0.39 is 11.4 Å². The van der Waals surface area contributed by atoms with Crippen molar-refractivity contribution >= 4 is 33.3 Å². The Morgan fingerprint density at radius 3 is 2.66 bits per heavy atom. The Labute approximate surface area is 225 Å². The van der Waals surface area contributed by atoms with E-state index in [-0.39, 0.29) is 17.9 Å². The minimum atomic E-state index is -0.507. The number of rotatable bonds is 5. The predicted molar refractivity (Wildman–Crippen MR) is 148 cm³/mol. The molecule has 0 bridgehead atoms. The van der Waals surface area contributed by atoms with Gasteiger partial charge in [0.05, 0.1) is 16.3 Å². The lowest BCUT2D eigenvalue weighted by Crippen LogP contribution is -2.50. The van der Waals surface area contributed by atoms with Crippen molar-refractivity contribution in [1.82, 2.24) is 20.1 Å². The number of carbonyl (C=O) groups is 1. The van der Waals surface area contributed by atoms with Crippen LogP contribution in [-0.4, -0.2) is 59.2 Å². The average Bonchev–Trinajstić information content (AvgIpc) is 3.31. The fourth-order valence-corrected chi connectivity index (χ4v) is 5.46. The Hall–Kier alpha value is -3.63. The zero-order valence-corrected chi connectivity index (χ0v) is 22.6. The zero-order valence-electron chi connectivity index (χ0n) is 21.7. The molecule has 0 saturated carbocycles. The standard InChI is InChI=1S/C28H32FN5O3S/c1-28(2,3)37-27(35)34-12-10-33(11-13-34)17-18-4-6-21(32-16-18)25-15-22-26(38-25)24(8-9-31-22)36-23-7-5-19(30)14-20(23)29/h4-9,14-16,21,32H,10-13,17,30H2,1-3H3. The van der Waals surface area contributed by atoms with Crippen LogP contribution in [0.4, 0.5) is 14.9 Å². The van der Waals surface area contributed by atoms with E-state index in [0.29, 0.717) is 24.5 Å². The second kappa shape index (κ2) is 10.6. The Kier molecular flexibility index (Phi) is 7.27. The number of hydrogen-bond acceptors (Lipinski definition) is 8. The Morgan fingerprint density at radius 1 is 1.18 bits per heavy atom. The molecule has 0 spiro atoms. The van der Waals surface area contributed by atoms with E-state index in [4.69, 9.17) is 15.2 Å². The number of dihydropyridines is 1. The van der Waals surface area contributed by atoms with Crippen molar-refractivity contribution in [2.24, 2.45) is 0 Å². The van der Waals surface area contributed by atoms with Gasteiger partial charge >= 0.3 is 6.09 Å². The van der Waals surface area contributed by atoms with Crippen LogP contribution < -0.4 is 15.8 Å². The number of nitrogen functional groups attached to an aromatic ring is 1. The molecule has 3 N–H and O–H groups in total. The summed E-state index contributed by atoms with van der Waals surface area (Å²) in [7, 11) is 0. The van der Waals surface area contributed by atoms with Crippen molar-refractivity contribution in [2.45, 2.75) is 32.4 Å². The molecule has 10 heteroatoms. The lowest BCUT2D eigenvalue weighted by molar-refractivity contribution is 0.0153. The molecule has 8 nitrogen and oxygen atoms in total. The van der Waals surface area contributed by atoms with Gasteiger partial charge in [-0.15, -0.1) is 11.3 Å². The molecule has 5 rings (SSSR count). The third-order valence-electron chi connectivity index (χ3n) is 6.26. The molecule has 38 heavy (non-hydrogen) atoms. The first-order chi connectivity index (χ1) is 18.1. The number of nitrogens with one attached hydrogen (secondary N) is 1. The monoisotopic (exact) mass is 537 g/mol. The highest BCUT2D eigenvalue weighted by atomic mass is 32.1. The number of piperazine rings is 1. The molecule has 2 aliphatic rings. The number of thiophene rings is 1. The number of hydrogen-bond donors (Lipinski definition) is 2. The number of aromatic nitrogens is 1. The topological polar surface area (TPSA) is 93.0 Å². The van der Waals surface area contributed by atoms with E-state index in [0.717, 1.165) is 34.7 Å². The number of nitrogens with zero attached hydrogens (tertiary/aromatic N) is 3. The predicted octanol–water partition coefficient (Wildman–Crippen LogP) is 5.45. The average molecular weight is 538 g/mol. The number of amides is 1. The second-order valence-corrected chi connectivity index (χ2v) is 11.5. The van der Waals surface area contributed by atoms with Gasteiger partial charge in [0.2, 0.25) is 0 Å². The number of benzene rings is 1. The summed E-state index contributed by atoms with van der Waals surface area (Å²) in [5, 5.41) is 3.48. The summed E-state index contributed by atoms with van der Waals surface area (Å²) in [5.74, 6) is 0.167. The van der Waals surface area contributed by atoms with E-state index in [1.807, 2.05) is 33.0 Å². The normalized spacial score (nSPS) is 18.3. The Bertz CT molecular complexity index is 1390. The van der Waals surface area contributed by atoms with Crippen molar-refractivity contribution in [1.29, 1.82) is 0 Å². The summed E-state index contributed by atoms with van der Waals surface area (Å²) >= 11 is 1.56. The van der Waals surface area contributed by atoms with Gasteiger partial charge in [-0.1, -0.05) is 12.2 Å². The van der Waals surface area contributed by atoms with Crippen LogP contribution >= 0.6 is 11.3 Å². The lowest BCUT2D eigenvalue weighted by atomic mass is 10.1. The van der Waals surface area contributed by atoms with Crippen LogP contribution in [0.5, 0.6) is 11.5 Å². The van der Waals surface area contributed by atoms with E-state index in [2.05, 4.69) is 27.4 Å². The van der Waals surface area contributed by atoms with Crippen LogP contribution in [0.25, 0.3) is 10.2 Å². The molecule has 0 aliphatic carbocycles. The summed E-state index contributed by atoms with van der Waals surface area (Å²) in [5.41, 5.74) is 7.49. The van der Waals surface area contributed by atoms with Gasteiger partial charge in [0.25, 0.3) is 0 Å². The van der Waals surface area contributed by atoms with Gasteiger partial charge in [0.15, 0.2) is 11.6 Å². The molecule has 1 aromatic carbocycles. The number of nitrogens with two attached hydrogens (primary N) is 1.